The van der Waals surface area contributed by atoms with E-state index in [1.54, 1.807) is 41.6 Å². The van der Waals surface area contributed by atoms with Crippen molar-refractivity contribution in [1.29, 1.82) is 0 Å². The minimum absolute atomic E-state index is 0.0839. The van der Waals surface area contributed by atoms with E-state index < -0.39 is 0 Å². The van der Waals surface area contributed by atoms with Crippen LogP contribution in [0.5, 0.6) is 0 Å². The molecule has 0 unspecified atom stereocenters. The number of amides is 2. The van der Waals surface area contributed by atoms with Gasteiger partial charge in [0.05, 0.1) is 10.7 Å². The van der Waals surface area contributed by atoms with Crippen molar-refractivity contribution < 1.29 is 9.59 Å². The molecular weight excluding hydrogens is 314 g/mol. The van der Waals surface area contributed by atoms with Gasteiger partial charge in [-0.3, -0.25) is 14.6 Å². The molecule has 6 heteroatoms. The predicted molar refractivity (Wildman–Crippen MR) is 90.0 cm³/mol. The third kappa shape index (κ3) is 5.38. The fourth-order valence-corrected chi connectivity index (χ4v) is 2.25. The summed E-state index contributed by atoms with van der Waals surface area (Å²) in [5.41, 5.74) is 1.50. The highest BCUT2D eigenvalue weighted by Gasteiger charge is 2.12. The van der Waals surface area contributed by atoms with Gasteiger partial charge in [-0.1, -0.05) is 29.8 Å². The number of para-hydroxylation sites is 1. The van der Waals surface area contributed by atoms with Gasteiger partial charge in [0.2, 0.25) is 11.8 Å². The number of nitrogens with one attached hydrogen (secondary N) is 1. The Balaban J connectivity index is 1.90. The smallest absolute Gasteiger partial charge is 0.226 e. The standard InChI is InChI=1S/C17H18ClN3O2/c1-13(22)21(12-14-5-4-9-19-11-14)10-8-17(23)20-16-7-3-2-6-15(16)18/h2-7,9,11H,8,10,12H2,1H3,(H,20,23). The van der Waals surface area contributed by atoms with Crippen LogP contribution >= 0.6 is 11.6 Å². The van der Waals surface area contributed by atoms with E-state index in [2.05, 4.69) is 10.3 Å². The van der Waals surface area contributed by atoms with Crippen LogP contribution in [0.4, 0.5) is 5.69 Å². The Labute approximate surface area is 140 Å². The lowest BCUT2D eigenvalue weighted by Gasteiger charge is -2.20. The Morgan fingerprint density at radius 1 is 1.22 bits per heavy atom. The Kier molecular flexibility index (Phi) is 6.11. The van der Waals surface area contributed by atoms with Crippen LogP contribution in [-0.4, -0.2) is 28.2 Å². The molecule has 120 valence electrons. The summed E-state index contributed by atoms with van der Waals surface area (Å²) in [4.78, 5) is 29.4. The van der Waals surface area contributed by atoms with Crippen LogP contribution in [0.25, 0.3) is 0 Å². The molecule has 1 N–H and O–H groups in total. The lowest BCUT2D eigenvalue weighted by molar-refractivity contribution is -0.129. The number of anilines is 1. The fourth-order valence-electron chi connectivity index (χ4n) is 2.07. The summed E-state index contributed by atoms with van der Waals surface area (Å²) >= 11 is 6.00. The SMILES string of the molecule is CC(=O)N(CCC(=O)Nc1ccccc1Cl)Cc1cccnc1. The van der Waals surface area contributed by atoms with E-state index in [1.807, 2.05) is 12.1 Å². The molecule has 0 saturated heterocycles. The first-order chi connectivity index (χ1) is 11.1. The van der Waals surface area contributed by atoms with E-state index in [-0.39, 0.29) is 18.2 Å². The Morgan fingerprint density at radius 3 is 2.65 bits per heavy atom. The van der Waals surface area contributed by atoms with Crippen molar-refractivity contribution in [3.8, 4) is 0 Å². The summed E-state index contributed by atoms with van der Waals surface area (Å²) < 4.78 is 0. The summed E-state index contributed by atoms with van der Waals surface area (Å²) in [6.45, 7) is 2.26. The molecule has 0 aliphatic rings. The number of nitrogens with zero attached hydrogens (tertiary/aromatic N) is 2. The maximum atomic E-state index is 12.0. The number of hydrogen-bond donors (Lipinski definition) is 1. The Hall–Kier alpha value is -2.40. The summed E-state index contributed by atoms with van der Waals surface area (Å²) in [7, 11) is 0. The molecule has 0 saturated carbocycles. The first-order valence-corrected chi connectivity index (χ1v) is 7.63. The highest BCUT2D eigenvalue weighted by Crippen LogP contribution is 2.20. The second kappa shape index (κ2) is 8.29. The van der Waals surface area contributed by atoms with Crippen LogP contribution in [0, 0.1) is 0 Å². The summed E-state index contributed by atoms with van der Waals surface area (Å²) in [5, 5.41) is 3.23. The van der Waals surface area contributed by atoms with Crippen LogP contribution in [0.1, 0.15) is 18.9 Å². The van der Waals surface area contributed by atoms with Gasteiger partial charge in [-0.2, -0.15) is 0 Å². The summed E-state index contributed by atoms with van der Waals surface area (Å²) in [5.74, 6) is -0.269. The maximum absolute atomic E-state index is 12.0. The molecule has 0 radical (unpaired) electrons. The monoisotopic (exact) mass is 331 g/mol. The number of pyridine rings is 1. The molecule has 0 spiro atoms. The lowest BCUT2D eigenvalue weighted by atomic mass is 10.2. The predicted octanol–water partition coefficient (Wildman–Crippen LogP) is 3.11. The van der Waals surface area contributed by atoms with Crippen LogP contribution in [-0.2, 0) is 16.1 Å². The summed E-state index contributed by atoms with van der Waals surface area (Å²) in [6, 6.07) is 10.7. The number of halogens is 1. The molecule has 2 rings (SSSR count). The topological polar surface area (TPSA) is 62.3 Å². The van der Waals surface area contributed by atoms with Crippen LogP contribution in [0.3, 0.4) is 0 Å². The van der Waals surface area contributed by atoms with E-state index in [0.717, 1.165) is 5.56 Å². The van der Waals surface area contributed by atoms with E-state index in [1.165, 1.54) is 6.92 Å². The zero-order valence-corrected chi connectivity index (χ0v) is 13.6. The minimum atomic E-state index is -0.185. The largest absolute Gasteiger partial charge is 0.338 e. The first kappa shape index (κ1) is 17.0. The van der Waals surface area contributed by atoms with Crippen LogP contribution < -0.4 is 5.32 Å². The Morgan fingerprint density at radius 2 is 2.00 bits per heavy atom. The second-order valence-corrected chi connectivity index (χ2v) is 5.49. The molecule has 0 aliphatic heterocycles. The van der Waals surface area contributed by atoms with Gasteiger partial charge in [-0.25, -0.2) is 0 Å². The minimum Gasteiger partial charge on any atom is -0.338 e. The normalized spacial score (nSPS) is 10.2. The van der Waals surface area contributed by atoms with Crippen molar-refractivity contribution in [2.45, 2.75) is 19.9 Å². The van der Waals surface area contributed by atoms with Gasteiger partial charge < -0.3 is 10.2 Å². The van der Waals surface area contributed by atoms with Crippen LogP contribution in [0.15, 0.2) is 48.8 Å². The van der Waals surface area contributed by atoms with E-state index in [0.29, 0.717) is 23.8 Å². The number of carbonyl (C=O) groups excluding carboxylic acids is 2. The van der Waals surface area contributed by atoms with Gasteiger partial charge in [0, 0.05) is 38.8 Å². The fraction of sp³-hybridized carbons (Fsp3) is 0.235. The van der Waals surface area contributed by atoms with Gasteiger partial charge in [0.25, 0.3) is 0 Å². The van der Waals surface area contributed by atoms with Crippen molar-refractivity contribution >= 4 is 29.1 Å². The van der Waals surface area contributed by atoms with Gasteiger partial charge >= 0.3 is 0 Å². The van der Waals surface area contributed by atoms with Crippen molar-refractivity contribution in [1.82, 2.24) is 9.88 Å². The number of rotatable bonds is 6. The van der Waals surface area contributed by atoms with Gasteiger partial charge in [0.1, 0.15) is 0 Å². The quantitative estimate of drug-likeness (QED) is 0.884. The first-order valence-electron chi connectivity index (χ1n) is 7.25. The second-order valence-electron chi connectivity index (χ2n) is 5.08. The number of hydrogen-bond acceptors (Lipinski definition) is 3. The molecule has 1 aromatic carbocycles. The maximum Gasteiger partial charge on any atom is 0.226 e. The number of benzene rings is 1. The van der Waals surface area contributed by atoms with Crippen molar-refractivity contribution in [2.75, 3.05) is 11.9 Å². The molecule has 0 bridgehead atoms. The molecule has 5 nitrogen and oxygen atoms in total. The zero-order chi connectivity index (χ0) is 16.7. The zero-order valence-electron chi connectivity index (χ0n) is 12.8. The molecule has 1 heterocycles. The molecule has 0 fully saturated rings. The number of aromatic nitrogens is 1. The van der Waals surface area contributed by atoms with Gasteiger partial charge in [-0.05, 0) is 23.8 Å². The van der Waals surface area contributed by atoms with Crippen molar-refractivity contribution in [3.05, 3.63) is 59.4 Å². The van der Waals surface area contributed by atoms with Crippen LogP contribution in [0.2, 0.25) is 5.02 Å². The van der Waals surface area contributed by atoms with E-state index in [9.17, 15) is 9.59 Å². The van der Waals surface area contributed by atoms with E-state index >= 15 is 0 Å². The third-order valence-electron chi connectivity index (χ3n) is 3.30. The highest BCUT2D eigenvalue weighted by atomic mass is 35.5. The van der Waals surface area contributed by atoms with Crippen molar-refractivity contribution in [3.63, 3.8) is 0 Å². The lowest BCUT2D eigenvalue weighted by Crippen LogP contribution is -2.31. The molecule has 2 amide bonds. The van der Waals surface area contributed by atoms with Crippen molar-refractivity contribution in [2.24, 2.45) is 0 Å². The van der Waals surface area contributed by atoms with Gasteiger partial charge in [0.15, 0.2) is 0 Å². The molecule has 1 aromatic heterocycles. The van der Waals surface area contributed by atoms with Gasteiger partial charge in [-0.15, -0.1) is 0 Å². The molecule has 0 aliphatic carbocycles. The Bertz CT molecular complexity index is 677. The average molecular weight is 332 g/mol. The molecular formula is C17H18ClN3O2. The molecule has 23 heavy (non-hydrogen) atoms. The molecule has 2 aromatic rings. The molecule has 0 atom stereocenters. The van der Waals surface area contributed by atoms with E-state index in [4.69, 9.17) is 11.6 Å². The summed E-state index contributed by atoms with van der Waals surface area (Å²) in [6.07, 6.45) is 3.59. The highest BCUT2D eigenvalue weighted by molar-refractivity contribution is 6.33. The number of carbonyl (C=O) groups is 2. The third-order valence-corrected chi connectivity index (χ3v) is 3.63. The average Bonchev–Trinajstić information content (AvgIpc) is 2.54.